The van der Waals surface area contributed by atoms with Crippen LogP contribution in [0.5, 0.6) is 0 Å². The van der Waals surface area contributed by atoms with Gasteiger partial charge in [-0.1, -0.05) is 26.2 Å². The third-order valence-electron chi connectivity index (χ3n) is 1.36. The Bertz CT molecular complexity index is 61.1. The maximum absolute atomic E-state index is 5.23. The maximum Gasteiger partial charge on any atom is 0.155 e. The SMILES string of the molecule is CCCCCCOPOCC. The molecule has 0 radical (unpaired) electrons. The molecule has 0 amide bonds. The topological polar surface area (TPSA) is 18.5 Å². The molecule has 0 heterocycles. The molecule has 0 aromatic rings. The van der Waals surface area contributed by atoms with Crippen molar-refractivity contribution in [3.63, 3.8) is 0 Å². The van der Waals surface area contributed by atoms with Crippen molar-refractivity contribution in [2.24, 2.45) is 0 Å². The van der Waals surface area contributed by atoms with Crippen molar-refractivity contribution in [1.82, 2.24) is 0 Å². The number of rotatable bonds is 8. The van der Waals surface area contributed by atoms with Crippen LogP contribution in [0.4, 0.5) is 0 Å². The first-order valence-corrected chi connectivity index (χ1v) is 5.22. The summed E-state index contributed by atoms with van der Waals surface area (Å²) in [6.45, 7) is 5.81. The van der Waals surface area contributed by atoms with Gasteiger partial charge in [-0.25, -0.2) is 0 Å². The lowest BCUT2D eigenvalue weighted by atomic mass is 10.2. The third kappa shape index (κ3) is 10.4. The van der Waals surface area contributed by atoms with E-state index in [1.54, 1.807) is 0 Å². The van der Waals surface area contributed by atoms with E-state index in [0.29, 0.717) is 0 Å². The standard InChI is InChI=1S/C8H19O2P/c1-3-5-6-7-8-10-11-9-4-2/h11H,3-8H2,1-2H3. The lowest BCUT2D eigenvalue weighted by Crippen LogP contribution is -1.86. The van der Waals surface area contributed by atoms with Crippen LogP contribution in [0.2, 0.25) is 0 Å². The molecule has 0 spiro atoms. The van der Waals surface area contributed by atoms with Gasteiger partial charge in [0.1, 0.15) is 0 Å². The molecule has 0 aliphatic carbocycles. The van der Waals surface area contributed by atoms with Gasteiger partial charge in [0, 0.05) is 0 Å². The number of hydrogen-bond acceptors (Lipinski definition) is 2. The van der Waals surface area contributed by atoms with Crippen LogP contribution in [-0.4, -0.2) is 13.2 Å². The number of unbranched alkanes of at least 4 members (excludes halogenated alkanes) is 3. The highest BCUT2D eigenvalue weighted by atomic mass is 31.1. The van der Waals surface area contributed by atoms with Crippen molar-refractivity contribution >= 4 is 9.03 Å². The van der Waals surface area contributed by atoms with Gasteiger partial charge in [0.2, 0.25) is 0 Å². The van der Waals surface area contributed by atoms with Crippen LogP contribution in [0.25, 0.3) is 0 Å². The highest BCUT2D eigenvalue weighted by molar-refractivity contribution is 7.26. The predicted octanol–water partition coefficient (Wildman–Crippen LogP) is 3.13. The molecule has 0 aromatic carbocycles. The van der Waals surface area contributed by atoms with E-state index in [0.717, 1.165) is 13.2 Å². The van der Waals surface area contributed by atoms with Crippen molar-refractivity contribution in [3.05, 3.63) is 0 Å². The molecule has 0 aromatic heterocycles. The largest absolute Gasteiger partial charge is 0.337 e. The Balaban J connectivity index is 2.69. The Morgan fingerprint density at radius 2 is 1.82 bits per heavy atom. The zero-order chi connectivity index (χ0) is 8.36. The van der Waals surface area contributed by atoms with Gasteiger partial charge in [0.25, 0.3) is 0 Å². The first-order chi connectivity index (χ1) is 5.41. The van der Waals surface area contributed by atoms with Gasteiger partial charge in [-0.15, -0.1) is 0 Å². The molecule has 1 atom stereocenters. The third-order valence-corrected chi connectivity index (χ3v) is 2.09. The average molecular weight is 178 g/mol. The second-order valence-electron chi connectivity index (χ2n) is 2.43. The summed E-state index contributed by atoms with van der Waals surface area (Å²) < 4.78 is 10.3. The lowest BCUT2D eigenvalue weighted by Gasteiger charge is -2.01. The van der Waals surface area contributed by atoms with Crippen molar-refractivity contribution < 1.29 is 9.05 Å². The van der Waals surface area contributed by atoms with Crippen LogP contribution < -0.4 is 0 Å². The first kappa shape index (κ1) is 11.4. The van der Waals surface area contributed by atoms with E-state index < -0.39 is 0 Å². The fraction of sp³-hybridized carbons (Fsp3) is 1.00. The molecule has 0 N–H and O–H groups in total. The molecule has 1 unspecified atom stereocenters. The van der Waals surface area contributed by atoms with Gasteiger partial charge in [0.15, 0.2) is 9.03 Å². The summed E-state index contributed by atoms with van der Waals surface area (Å²) in [5.74, 6) is 0. The van der Waals surface area contributed by atoms with Crippen LogP contribution in [-0.2, 0) is 9.05 Å². The van der Waals surface area contributed by atoms with E-state index >= 15 is 0 Å². The Hall–Kier alpha value is 0.350. The van der Waals surface area contributed by atoms with Gasteiger partial charge in [-0.05, 0) is 13.3 Å². The molecule has 0 saturated carbocycles. The molecular formula is C8H19O2P. The van der Waals surface area contributed by atoms with Crippen LogP contribution in [0.1, 0.15) is 39.5 Å². The Morgan fingerprint density at radius 3 is 2.45 bits per heavy atom. The highest BCUT2D eigenvalue weighted by Crippen LogP contribution is 2.13. The molecule has 0 bridgehead atoms. The van der Waals surface area contributed by atoms with Crippen molar-refractivity contribution in [3.8, 4) is 0 Å². The van der Waals surface area contributed by atoms with Crippen molar-refractivity contribution in [2.45, 2.75) is 39.5 Å². The van der Waals surface area contributed by atoms with Gasteiger partial charge in [0.05, 0.1) is 13.2 Å². The molecule has 0 rings (SSSR count). The van der Waals surface area contributed by atoms with E-state index in [1.807, 2.05) is 6.92 Å². The molecule has 0 aliphatic heterocycles. The fourth-order valence-corrected chi connectivity index (χ4v) is 1.17. The fourth-order valence-electron chi connectivity index (χ4n) is 0.743. The van der Waals surface area contributed by atoms with Gasteiger partial charge in [-0.3, -0.25) is 0 Å². The summed E-state index contributed by atoms with van der Waals surface area (Å²) in [6.07, 6.45) is 5.07. The zero-order valence-corrected chi connectivity index (χ0v) is 8.56. The van der Waals surface area contributed by atoms with Gasteiger partial charge >= 0.3 is 0 Å². The summed E-state index contributed by atoms with van der Waals surface area (Å²) in [4.78, 5) is 0. The monoisotopic (exact) mass is 178 g/mol. The number of hydrogen-bond donors (Lipinski definition) is 0. The highest BCUT2D eigenvalue weighted by Gasteiger charge is 1.88. The zero-order valence-electron chi connectivity index (χ0n) is 7.56. The van der Waals surface area contributed by atoms with E-state index in [1.165, 1.54) is 25.7 Å². The molecule has 0 fully saturated rings. The minimum atomic E-state index is 0.244. The van der Waals surface area contributed by atoms with Gasteiger partial charge in [-0.2, -0.15) is 0 Å². The van der Waals surface area contributed by atoms with Crippen LogP contribution in [0, 0.1) is 0 Å². The second-order valence-corrected chi connectivity index (χ2v) is 3.17. The average Bonchev–Trinajstić information content (AvgIpc) is 2.03. The minimum absolute atomic E-state index is 0.244. The summed E-state index contributed by atoms with van der Waals surface area (Å²) >= 11 is 0. The van der Waals surface area contributed by atoms with E-state index in [4.69, 9.17) is 9.05 Å². The molecule has 3 heteroatoms. The molecule has 2 nitrogen and oxygen atoms in total. The maximum atomic E-state index is 5.23. The second kappa shape index (κ2) is 10.3. The van der Waals surface area contributed by atoms with Gasteiger partial charge < -0.3 is 9.05 Å². The van der Waals surface area contributed by atoms with Crippen LogP contribution in [0.3, 0.4) is 0 Å². The Morgan fingerprint density at radius 1 is 1.00 bits per heavy atom. The summed E-state index contributed by atoms with van der Waals surface area (Å²) in [5, 5.41) is 0. The van der Waals surface area contributed by atoms with E-state index in [2.05, 4.69) is 6.92 Å². The van der Waals surface area contributed by atoms with Crippen LogP contribution in [0.15, 0.2) is 0 Å². The molecule has 11 heavy (non-hydrogen) atoms. The van der Waals surface area contributed by atoms with Crippen LogP contribution >= 0.6 is 9.03 Å². The summed E-state index contributed by atoms with van der Waals surface area (Å²) in [5.41, 5.74) is 0. The smallest absolute Gasteiger partial charge is 0.155 e. The Kier molecular flexibility index (Phi) is 10.7. The summed E-state index contributed by atoms with van der Waals surface area (Å²) in [6, 6.07) is 0. The quantitative estimate of drug-likeness (QED) is 0.420. The van der Waals surface area contributed by atoms with E-state index in [-0.39, 0.29) is 9.03 Å². The van der Waals surface area contributed by atoms with Crippen molar-refractivity contribution in [1.29, 1.82) is 0 Å². The van der Waals surface area contributed by atoms with Crippen molar-refractivity contribution in [2.75, 3.05) is 13.2 Å². The lowest BCUT2D eigenvalue weighted by molar-refractivity contribution is 0.270. The Labute approximate surface area is 71.6 Å². The molecule has 0 aliphatic rings. The summed E-state index contributed by atoms with van der Waals surface area (Å²) in [7, 11) is 0.244. The predicted molar refractivity (Wildman–Crippen MR) is 50.0 cm³/mol. The van der Waals surface area contributed by atoms with E-state index in [9.17, 15) is 0 Å². The normalized spacial score (nSPS) is 11.5. The molecule has 0 saturated heterocycles. The first-order valence-electron chi connectivity index (χ1n) is 4.40. The molecular weight excluding hydrogens is 159 g/mol. The molecule has 68 valence electrons. The minimum Gasteiger partial charge on any atom is -0.337 e.